The van der Waals surface area contributed by atoms with Crippen molar-refractivity contribution < 1.29 is 14.3 Å². The smallest absolute Gasteiger partial charge is 0.355 e. The molecule has 1 aromatic heterocycles. The van der Waals surface area contributed by atoms with Crippen molar-refractivity contribution in [2.75, 3.05) is 25.6 Å². The van der Waals surface area contributed by atoms with E-state index in [-0.39, 0.29) is 12.6 Å². The van der Waals surface area contributed by atoms with Crippen LogP contribution in [0.4, 0.5) is 5.69 Å². The van der Waals surface area contributed by atoms with Crippen LogP contribution < -0.4 is 5.73 Å². The minimum Gasteiger partial charge on any atom is -0.459 e. The van der Waals surface area contributed by atoms with E-state index in [0.29, 0.717) is 30.6 Å². The predicted octanol–water partition coefficient (Wildman–Crippen LogP) is 1.60. The molecular weight excluding hydrogens is 220 g/mol. The third-order valence-corrected chi connectivity index (χ3v) is 2.68. The molecule has 94 valence electrons. The van der Waals surface area contributed by atoms with Crippen LogP contribution in [-0.2, 0) is 9.47 Å². The van der Waals surface area contributed by atoms with Crippen molar-refractivity contribution in [1.29, 1.82) is 0 Å². The van der Waals surface area contributed by atoms with Gasteiger partial charge in [0, 0.05) is 18.8 Å². The maximum atomic E-state index is 11.8. The number of hydrogen-bond acceptors (Lipinski definition) is 4. The first-order valence-electron chi connectivity index (χ1n) is 5.94. The zero-order chi connectivity index (χ0) is 12.3. The Balaban J connectivity index is 1.93. The van der Waals surface area contributed by atoms with E-state index in [4.69, 9.17) is 15.2 Å². The lowest BCUT2D eigenvalue weighted by molar-refractivity contribution is 0.0324. The molecule has 0 atom stereocenters. The molecule has 0 radical (unpaired) electrons. The number of hydrogen-bond donors (Lipinski definition) is 1. The van der Waals surface area contributed by atoms with Crippen molar-refractivity contribution in [3.63, 3.8) is 0 Å². The average molecular weight is 238 g/mol. The van der Waals surface area contributed by atoms with Crippen LogP contribution in [0.15, 0.2) is 12.3 Å². The molecule has 0 amide bonds. The summed E-state index contributed by atoms with van der Waals surface area (Å²) in [6, 6.07) is 2.09. The molecule has 1 heterocycles. The monoisotopic (exact) mass is 238 g/mol. The molecule has 17 heavy (non-hydrogen) atoms. The Morgan fingerprint density at radius 1 is 1.53 bits per heavy atom. The molecule has 0 aliphatic heterocycles. The fourth-order valence-electron chi connectivity index (χ4n) is 1.73. The molecule has 0 aromatic carbocycles. The highest BCUT2D eigenvalue weighted by atomic mass is 16.6. The minimum absolute atomic E-state index is 0.280. The summed E-state index contributed by atoms with van der Waals surface area (Å²) < 4.78 is 12.1. The summed E-state index contributed by atoms with van der Waals surface area (Å²) in [5, 5.41) is 0. The molecule has 2 rings (SSSR count). The van der Waals surface area contributed by atoms with Crippen molar-refractivity contribution >= 4 is 11.7 Å². The predicted molar refractivity (Wildman–Crippen MR) is 63.9 cm³/mol. The van der Waals surface area contributed by atoms with Crippen LogP contribution in [0.25, 0.3) is 0 Å². The van der Waals surface area contributed by atoms with E-state index in [2.05, 4.69) is 0 Å². The van der Waals surface area contributed by atoms with E-state index in [0.717, 1.165) is 12.8 Å². The second kappa shape index (κ2) is 5.23. The van der Waals surface area contributed by atoms with Gasteiger partial charge < -0.3 is 19.8 Å². The number of rotatable bonds is 6. The summed E-state index contributed by atoms with van der Waals surface area (Å²) in [6.45, 7) is 3.24. The maximum Gasteiger partial charge on any atom is 0.355 e. The second-order valence-electron chi connectivity index (χ2n) is 4.13. The van der Waals surface area contributed by atoms with Gasteiger partial charge >= 0.3 is 5.97 Å². The first-order valence-corrected chi connectivity index (χ1v) is 5.94. The number of nitrogen functional groups attached to an aromatic ring is 1. The van der Waals surface area contributed by atoms with Crippen LogP contribution in [0.5, 0.6) is 0 Å². The van der Waals surface area contributed by atoms with Gasteiger partial charge in [-0.05, 0) is 25.8 Å². The van der Waals surface area contributed by atoms with Gasteiger partial charge in [-0.2, -0.15) is 0 Å². The second-order valence-corrected chi connectivity index (χ2v) is 4.13. The van der Waals surface area contributed by atoms with Gasteiger partial charge in [-0.1, -0.05) is 0 Å². The van der Waals surface area contributed by atoms with Gasteiger partial charge in [0.2, 0.25) is 0 Å². The Kier molecular flexibility index (Phi) is 3.68. The van der Waals surface area contributed by atoms with Crippen LogP contribution in [0.1, 0.15) is 36.3 Å². The fraction of sp³-hybridized carbons (Fsp3) is 0.583. The molecule has 0 spiro atoms. The number of nitrogens with two attached hydrogens (primary N) is 1. The number of anilines is 1. The van der Waals surface area contributed by atoms with Gasteiger partial charge in [-0.15, -0.1) is 0 Å². The Bertz CT molecular complexity index is 396. The molecule has 1 aromatic rings. The SMILES string of the molecule is CCOCCOC(=O)c1cc(N)cn1C1CC1. The first kappa shape index (κ1) is 12.0. The zero-order valence-electron chi connectivity index (χ0n) is 10.0. The standard InChI is InChI=1S/C12H18N2O3/c1-2-16-5-6-17-12(15)11-7-9(13)8-14(11)10-3-4-10/h7-8,10H,2-6,13H2,1H3. The van der Waals surface area contributed by atoms with E-state index in [1.165, 1.54) is 0 Å². The lowest BCUT2D eigenvalue weighted by Crippen LogP contribution is -2.14. The molecule has 1 aliphatic carbocycles. The van der Waals surface area contributed by atoms with E-state index in [1.54, 1.807) is 12.3 Å². The first-order chi connectivity index (χ1) is 8.22. The molecule has 0 unspecified atom stereocenters. The van der Waals surface area contributed by atoms with Crippen LogP contribution in [0, 0.1) is 0 Å². The molecule has 1 saturated carbocycles. The van der Waals surface area contributed by atoms with E-state index < -0.39 is 0 Å². The van der Waals surface area contributed by atoms with Crippen LogP contribution in [-0.4, -0.2) is 30.4 Å². The minimum atomic E-state index is -0.326. The van der Waals surface area contributed by atoms with Gasteiger partial charge in [0.15, 0.2) is 0 Å². The normalized spacial score (nSPS) is 14.9. The van der Waals surface area contributed by atoms with Crippen LogP contribution in [0.2, 0.25) is 0 Å². The summed E-state index contributed by atoms with van der Waals surface area (Å²) in [4.78, 5) is 11.8. The topological polar surface area (TPSA) is 66.5 Å². The molecule has 0 saturated heterocycles. The third kappa shape index (κ3) is 3.00. The van der Waals surface area contributed by atoms with Crippen LogP contribution in [0.3, 0.4) is 0 Å². The highest BCUT2D eigenvalue weighted by Crippen LogP contribution is 2.37. The molecule has 0 bridgehead atoms. The zero-order valence-corrected chi connectivity index (χ0v) is 10.0. The van der Waals surface area contributed by atoms with E-state index >= 15 is 0 Å². The van der Waals surface area contributed by atoms with E-state index in [1.807, 2.05) is 11.5 Å². The molecule has 1 fully saturated rings. The number of carbonyl (C=O) groups is 1. The van der Waals surface area contributed by atoms with E-state index in [9.17, 15) is 4.79 Å². The summed E-state index contributed by atoms with van der Waals surface area (Å²) in [5.41, 5.74) is 6.85. The molecule has 5 nitrogen and oxygen atoms in total. The summed E-state index contributed by atoms with van der Waals surface area (Å²) >= 11 is 0. The summed E-state index contributed by atoms with van der Waals surface area (Å²) in [6.07, 6.45) is 4.01. The molecule has 1 aliphatic rings. The van der Waals surface area contributed by atoms with Crippen molar-refractivity contribution in [3.05, 3.63) is 18.0 Å². The highest BCUT2D eigenvalue weighted by molar-refractivity contribution is 5.89. The summed E-state index contributed by atoms with van der Waals surface area (Å²) in [7, 11) is 0. The number of aromatic nitrogens is 1. The molecular formula is C12H18N2O3. The lowest BCUT2D eigenvalue weighted by atomic mass is 10.4. The van der Waals surface area contributed by atoms with Gasteiger partial charge in [0.25, 0.3) is 0 Å². The number of esters is 1. The summed E-state index contributed by atoms with van der Waals surface area (Å²) in [5.74, 6) is -0.326. The maximum absolute atomic E-state index is 11.8. The average Bonchev–Trinajstić information content (AvgIpc) is 3.08. The largest absolute Gasteiger partial charge is 0.459 e. The van der Waals surface area contributed by atoms with Gasteiger partial charge in [-0.3, -0.25) is 0 Å². The van der Waals surface area contributed by atoms with Gasteiger partial charge in [0.1, 0.15) is 12.3 Å². The molecule has 5 heteroatoms. The van der Waals surface area contributed by atoms with Crippen molar-refractivity contribution in [3.8, 4) is 0 Å². The fourth-order valence-corrected chi connectivity index (χ4v) is 1.73. The number of nitrogens with zero attached hydrogens (tertiary/aromatic N) is 1. The lowest BCUT2D eigenvalue weighted by Gasteiger charge is -2.07. The third-order valence-electron chi connectivity index (χ3n) is 2.68. The Labute approximate surface area is 100 Å². The number of ether oxygens (including phenoxy) is 2. The van der Waals surface area contributed by atoms with Crippen molar-refractivity contribution in [1.82, 2.24) is 4.57 Å². The molecule has 2 N–H and O–H groups in total. The van der Waals surface area contributed by atoms with Gasteiger partial charge in [-0.25, -0.2) is 4.79 Å². The Morgan fingerprint density at radius 3 is 2.94 bits per heavy atom. The Morgan fingerprint density at radius 2 is 2.29 bits per heavy atom. The van der Waals surface area contributed by atoms with Crippen molar-refractivity contribution in [2.24, 2.45) is 0 Å². The highest BCUT2D eigenvalue weighted by Gasteiger charge is 2.28. The van der Waals surface area contributed by atoms with Gasteiger partial charge in [0.05, 0.1) is 12.3 Å². The quantitative estimate of drug-likeness (QED) is 0.604. The Hall–Kier alpha value is -1.49. The van der Waals surface area contributed by atoms with Crippen molar-refractivity contribution in [2.45, 2.75) is 25.8 Å². The number of carbonyl (C=O) groups excluding carboxylic acids is 1. The van der Waals surface area contributed by atoms with Crippen LogP contribution >= 0.6 is 0 Å².